The van der Waals surface area contributed by atoms with Gasteiger partial charge in [0.05, 0.1) is 25.0 Å². The van der Waals surface area contributed by atoms with Crippen molar-refractivity contribution in [2.75, 3.05) is 39.9 Å². The van der Waals surface area contributed by atoms with Crippen LogP contribution in [0.3, 0.4) is 0 Å². The highest BCUT2D eigenvalue weighted by Crippen LogP contribution is 2.34. The Bertz CT molecular complexity index is 760. The second kappa shape index (κ2) is 8.83. The van der Waals surface area contributed by atoms with Gasteiger partial charge in [-0.1, -0.05) is 15.9 Å². The molecule has 2 heterocycles. The molecular formula is C18H22BrN3O3S. The lowest BCUT2D eigenvalue weighted by molar-refractivity contribution is 0.0776. The molecule has 1 aromatic carbocycles. The van der Waals surface area contributed by atoms with Gasteiger partial charge in [-0.05, 0) is 25.1 Å². The standard InChI is InChI=1S/C18H22BrN3O3S/c1-3-25-18(23)22-8-6-21(7-9-22)11-14-12-26-17(20-14)15-10-13(19)4-5-16(15)24-2/h4-5,10,12H,3,6-9,11H2,1-2H3. The largest absolute Gasteiger partial charge is 0.496 e. The van der Waals surface area contributed by atoms with Crippen LogP contribution in [0.2, 0.25) is 0 Å². The number of ether oxygens (including phenoxy) is 2. The van der Waals surface area contributed by atoms with Crippen LogP contribution in [0.15, 0.2) is 28.1 Å². The fraction of sp³-hybridized carbons (Fsp3) is 0.444. The molecule has 1 fully saturated rings. The number of hydrogen-bond acceptors (Lipinski definition) is 6. The molecule has 0 N–H and O–H groups in total. The van der Waals surface area contributed by atoms with Crippen LogP contribution in [0, 0.1) is 0 Å². The highest BCUT2D eigenvalue weighted by molar-refractivity contribution is 9.10. The SMILES string of the molecule is CCOC(=O)N1CCN(Cc2csc(-c3cc(Br)ccc3OC)n2)CC1. The molecule has 3 rings (SSSR count). The minimum absolute atomic E-state index is 0.218. The first-order valence-corrected chi connectivity index (χ1v) is 10.2. The Hall–Kier alpha value is -1.64. The van der Waals surface area contributed by atoms with Gasteiger partial charge in [0.25, 0.3) is 0 Å². The smallest absolute Gasteiger partial charge is 0.409 e. The summed E-state index contributed by atoms with van der Waals surface area (Å²) in [5.41, 5.74) is 2.03. The third-order valence-electron chi connectivity index (χ3n) is 4.23. The molecule has 8 heteroatoms. The van der Waals surface area contributed by atoms with Crippen molar-refractivity contribution in [3.05, 3.63) is 33.7 Å². The number of hydrogen-bond donors (Lipinski definition) is 0. The molecule has 140 valence electrons. The molecule has 26 heavy (non-hydrogen) atoms. The van der Waals surface area contributed by atoms with Gasteiger partial charge < -0.3 is 14.4 Å². The fourth-order valence-electron chi connectivity index (χ4n) is 2.88. The van der Waals surface area contributed by atoms with Crippen molar-refractivity contribution in [2.24, 2.45) is 0 Å². The van der Waals surface area contributed by atoms with Crippen LogP contribution >= 0.6 is 27.3 Å². The molecule has 1 aliphatic heterocycles. The Morgan fingerprint density at radius 3 is 2.77 bits per heavy atom. The lowest BCUT2D eigenvalue weighted by Gasteiger charge is -2.33. The minimum atomic E-state index is -0.218. The molecular weight excluding hydrogens is 418 g/mol. The summed E-state index contributed by atoms with van der Waals surface area (Å²) in [6.07, 6.45) is -0.218. The van der Waals surface area contributed by atoms with Crippen LogP contribution in [-0.2, 0) is 11.3 Å². The number of halogens is 1. The Morgan fingerprint density at radius 1 is 1.31 bits per heavy atom. The van der Waals surface area contributed by atoms with Crippen LogP contribution in [-0.4, -0.2) is 60.8 Å². The van der Waals surface area contributed by atoms with Crippen molar-refractivity contribution < 1.29 is 14.3 Å². The average molecular weight is 440 g/mol. The van der Waals surface area contributed by atoms with Gasteiger partial charge in [-0.15, -0.1) is 11.3 Å². The normalized spacial score (nSPS) is 15.1. The molecule has 0 spiro atoms. The number of piperazine rings is 1. The van der Waals surface area contributed by atoms with E-state index in [1.54, 1.807) is 23.3 Å². The highest BCUT2D eigenvalue weighted by Gasteiger charge is 2.22. The maximum atomic E-state index is 11.8. The zero-order valence-corrected chi connectivity index (χ0v) is 17.3. The maximum absolute atomic E-state index is 11.8. The van der Waals surface area contributed by atoms with Gasteiger partial charge in [-0.25, -0.2) is 9.78 Å². The molecule has 0 bridgehead atoms. The van der Waals surface area contributed by atoms with E-state index in [1.165, 1.54) is 0 Å². The fourth-order valence-corrected chi connectivity index (χ4v) is 4.08. The number of rotatable bonds is 5. The molecule has 1 aliphatic rings. The molecule has 0 atom stereocenters. The van der Waals surface area contributed by atoms with Crippen LogP contribution in [0.4, 0.5) is 4.79 Å². The number of nitrogens with zero attached hydrogens (tertiary/aromatic N) is 3. The number of aromatic nitrogens is 1. The number of benzene rings is 1. The first-order valence-electron chi connectivity index (χ1n) is 8.53. The summed E-state index contributed by atoms with van der Waals surface area (Å²) >= 11 is 5.13. The molecule has 1 amide bonds. The third-order valence-corrected chi connectivity index (χ3v) is 5.65. The van der Waals surface area contributed by atoms with Crippen molar-refractivity contribution in [1.82, 2.24) is 14.8 Å². The van der Waals surface area contributed by atoms with Gasteiger partial charge in [-0.2, -0.15) is 0 Å². The average Bonchev–Trinajstić information content (AvgIpc) is 3.11. The molecule has 0 aliphatic carbocycles. The minimum Gasteiger partial charge on any atom is -0.496 e. The van der Waals surface area contributed by atoms with Gasteiger partial charge >= 0.3 is 6.09 Å². The third kappa shape index (κ3) is 4.55. The molecule has 0 saturated carbocycles. The van der Waals surface area contributed by atoms with Crippen LogP contribution in [0.1, 0.15) is 12.6 Å². The summed E-state index contributed by atoms with van der Waals surface area (Å²) in [6.45, 7) is 6.06. The van der Waals surface area contributed by atoms with Crippen molar-refractivity contribution in [2.45, 2.75) is 13.5 Å². The van der Waals surface area contributed by atoms with Gasteiger partial charge in [0.2, 0.25) is 0 Å². The zero-order valence-electron chi connectivity index (χ0n) is 14.9. The Labute approximate surface area is 165 Å². The quantitative estimate of drug-likeness (QED) is 0.707. The number of amides is 1. The lowest BCUT2D eigenvalue weighted by atomic mass is 10.2. The molecule has 2 aromatic rings. The van der Waals surface area contributed by atoms with Gasteiger partial charge in [0, 0.05) is 42.6 Å². The first kappa shape index (κ1) is 19.1. The van der Waals surface area contributed by atoms with Gasteiger partial charge in [-0.3, -0.25) is 4.90 Å². The number of carbonyl (C=O) groups is 1. The van der Waals surface area contributed by atoms with Gasteiger partial charge in [0.15, 0.2) is 0 Å². The predicted molar refractivity (Wildman–Crippen MR) is 106 cm³/mol. The van der Waals surface area contributed by atoms with E-state index in [2.05, 4.69) is 26.2 Å². The van der Waals surface area contributed by atoms with Crippen molar-refractivity contribution >= 4 is 33.4 Å². The van der Waals surface area contributed by atoms with E-state index in [4.69, 9.17) is 14.5 Å². The summed E-state index contributed by atoms with van der Waals surface area (Å²) in [5.74, 6) is 0.817. The maximum Gasteiger partial charge on any atom is 0.409 e. The summed E-state index contributed by atoms with van der Waals surface area (Å²) in [7, 11) is 1.67. The van der Waals surface area contributed by atoms with E-state index in [0.29, 0.717) is 19.7 Å². The Kier molecular flexibility index (Phi) is 6.50. The summed E-state index contributed by atoms with van der Waals surface area (Å²) in [4.78, 5) is 20.6. The van der Waals surface area contributed by atoms with E-state index in [-0.39, 0.29) is 6.09 Å². The van der Waals surface area contributed by atoms with Crippen molar-refractivity contribution in [3.63, 3.8) is 0 Å². The first-order chi connectivity index (χ1) is 12.6. The molecule has 1 saturated heterocycles. The summed E-state index contributed by atoms with van der Waals surface area (Å²) < 4.78 is 11.5. The van der Waals surface area contributed by atoms with Crippen molar-refractivity contribution in [3.8, 4) is 16.3 Å². The summed E-state index contributed by atoms with van der Waals surface area (Å²) in [6, 6.07) is 5.93. The lowest BCUT2D eigenvalue weighted by Crippen LogP contribution is -2.48. The predicted octanol–water partition coefficient (Wildman–Crippen LogP) is 3.86. The molecule has 6 nitrogen and oxygen atoms in total. The van der Waals surface area contributed by atoms with E-state index in [0.717, 1.165) is 46.1 Å². The second-order valence-corrected chi connectivity index (χ2v) is 7.72. The number of carbonyl (C=O) groups excluding carboxylic acids is 1. The summed E-state index contributed by atoms with van der Waals surface area (Å²) in [5, 5.41) is 3.04. The van der Waals surface area contributed by atoms with Crippen LogP contribution < -0.4 is 4.74 Å². The zero-order chi connectivity index (χ0) is 18.5. The topological polar surface area (TPSA) is 54.9 Å². The van der Waals surface area contributed by atoms with Crippen LogP contribution in [0.5, 0.6) is 5.75 Å². The van der Waals surface area contributed by atoms with E-state index < -0.39 is 0 Å². The Morgan fingerprint density at radius 2 is 2.08 bits per heavy atom. The molecule has 0 unspecified atom stereocenters. The van der Waals surface area contributed by atoms with E-state index in [1.807, 2.05) is 25.1 Å². The Balaban J connectivity index is 1.62. The number of methoxy groups -OCH3 is 1. The van der Waals surface area contributed by atoms with Crippen LogP contribution in [0.25, 0.3) is 10.6 Å². The molecule has 0 radical (unpaired) electrons. The van der Waals surface area contributed by atoms with E-state index >= 15 is 0 Å². The van der Waals surface area contributed by atoms with E-state index in [9.17, 15) is 4.79 Å². The highest BCUT2D eigenvalue weighted by atomic mass is 79.9. The number of thiazole rings is 1. The van der Waals surface area contributed by atoms with Crippen molar-refractivity contribution in [1.29, 1.82) is 0 Å². The monoisotopic (exact) mass is 439 g/mol. The molecule has 1 aromatic heterocycles. The van der Waals surface area contributed by atoms with Gasteiger partial charge in [0.1, 0.15) is 10.8 Å². The second-order valence-electron chi connectivity index (χ2n) is 5.95.